The second kappa shape index (κ2) is 8.16. The number of halogens is 1. The second-order valence-corrected chi connectivity index (χ2v) is 7.13. The highest BCUT2D eigenvalue weighted by molar-refractivity contribution is 9.10. The zero-order valence-corrected chi connectivity index (χ0v) is 14.3. The van der Waals surface area contributed by atoms with Crippen LogP contribution in [0.25, 0.3) is 0 Å². The van der Waals surface area contributed by atoms with E-state index in [9.17, 15) is 0 Å². The third-order valence-electron chi connectivity index (χ3n) is 4.25. The smallest absolute Gasteiger partial charge is 0.0175 e. The van der Waals surface area contributed by atoms with E-state index in [0.29, 0.717) is 6.04 Å². The van der Waals surface area contributed by atoms with Gasteiger partial charge < -0.3 is 10.2 Å². The highest BCUT2D eigenvalue weighted by atomic mass is 79.9. The summed E-state index contributed by atoms with van der Waals surface area (Å²) < 4.78 is 1.15. The molecule has 1 heterocycles. The molecule has 1 saturated heterocycles. The van der Waals surface area contributed by atoms with Crippen LogP contribution in [0.3, 0.4) is 0 Å². The first-order chi connectivity index (χ1) is 9.63. The van der Waals surface area contributed by atoms with Crippen LogP contribution in [0.15, 0.2) is 28.7 Å². The Morgan fingerprint density at radius 2 is 1.90 bits per heavy atom. The van der Waals surface area contributed by atoms with Gasteiger partial charge in [-0.05, 0) is 62.9 Å². The summed E-state index contributed by atoms with van der Waals surface area (Å²) in [6.45, 7) is 9.51. The highest BCUT2D eigenvalue weighted by Gasteiger charge is 2.15. The molecule has 2 nitrogen and oxygen atoms in total. The highest BCUT2D eigenvalue weighted by Crippen LogP contribution is 2.15. The summed E-state index contributed by atoms with van der Waals surface area (Å²) in [6, 6.07) is 9.19. The summed E-state index contributed by atoms with van der Waals surface area (Å²) >= 11 is 3.48. The molecule has 3 heteroatoms. The van der Waals surface area contributed by atoms with Gasteiger partial charge in [-0.15, -0.1) is 0 Å². The van der Waals surface area contributed by atoms with Crippen LogP contribution in [-0.2, 0) is 6.42 Å². The molecule has 2 rings (SSSR count). The average molecular weight is 339 g/mol. The number of nitrogens with one attached hydrogen (secondary N) is 1. The lowest BCUT2D eigenvalue weighted by molar-refractivity contribution is 0.191. The summed E-state index contributed by atoms with van der Waals surface area (Å²) in [5, 5.41) is 3.65. The van der Waals surface area contributed by atoms with Gasteiger partial charge in [0.1, 0.15) is 0 Å². The van der Waals surface area contributed by atoms with E-state index in [2.05, 4.69) is 64.3 Å². The van der Waals surface area contributed by atoms with Gasteiger partial charge in [0.2, 0.25) is 0 Å². The summed E-state index contributed by atoms with van der Waals surface area (Å²) in [5.41, 5.74) is 1.40. The van der Waals surface area contributed by atoms with Gasteiger partial charge in [-0.25, -0.2) is 0 Å². The Balaban J connectivity index is 1.62. The molecule has 0 amide bonds. The molecule has 1 N–H and O–H groups in total. The Labute approximate surface area is 132 Å². The van der Waals surface area contributed by atoms with Gasteiger partial charge in [-0.3, -0.25) is 0 Å². The fourth-order valence-electron chi connectivity index (χ4n) is 2.80. The Kier molecular flexibility index (Phi) is 6.53. The number of benzene rings is 1. The lowest BCUT2D eigenvalue weighted by Crippen LogP contribution is -2.40. The third kappa shape index (κ3) is 5.55. The van der Waals surface area contributed by atoms with Gasteiger partial charge >= 0.3 is 0 Å². The van der Waals surface area contributed by atoms with Gasteiger partial charge in [0, 0.05) is 23.6 Å². The Bertz CT molecular complexity index is 382. The van der Waals surface area contributed by atoms with Crippen LogP contribution in [-0.4, -0.2) is 37.1 Å². The lowest BCUT2D eigenvalue weighted by atomic mass is 9.99. The number of hydrogen-bond donors (Lipinski definition) is 1. The van der Waals surface area contributed by atoms with Crippen LogP contribution in [0, 0.1) is 5.92 Å². The Morgan fingerprint density at radius 1 is 1.25 bits per heavy atom. The molecule has 1 aromatic carbocycles. The number of piperidine rings is 1. The number of hydrogen-bond acceptors (Lipinski definition) is 2. The summed E-state index contributed by atoms with van der Waals surface area (Å²) in [6.07, 6.45) is 3.84. The van der Waals surface area contributed by atoms with Gasteiger partial charge in [-0.2, -0.15) is 0 Å². The van der Waals surface area contributed by atoms with Crippen LogP contribution in [0.4, 0.5) is 0 Å². The van der Waals surface area contributed by atoms with E-state index in [0.717, 1.165) is 23.4 Å². The monoisotopic (exact) mass is 338 g/mol. The molecule has 0 aromatic heterocycles. The number of rotatable bonds is 6. The van der Waals surface area contributed by atoms with Crippen molar-refractivity contribution in [2.75, 3.05) is 26.2 Å². The first-order valence-electron chi connectivity index (χ1n) is 7.83. The molecular weight excluding hydrogens is 312 g/mol. The predicted molar refractivity (Wildman–Crippen MR) is 90.1 cm³/mol. The van der Waals surface area contributed by atoms with Crippen LogP contribution in [0.1, 0.15) is 32.3 Å². The predicted octanol–water partition coefficient (Wildman–Crippen LogP) is 3.70. The number of likely N-dealkylation sites (tertiary alicyclic amines) is 1. The van der Waals surface area contributed by atoms with Crippen molar-refractivity contribution in [3.05, 3.63) is 34.3 Å². The van der Waals surface area contributed by atoms with E-state index in [1.165, 1.54) is 38.0 Å². The molecule has 0 aliphatic carbocycles. The summed E-state index contributed by atoms with van der Waals surface area (Å²) in [4.78, 5) is 2.60. The van der Waals surface area contributed by atoms with Gasteiger partial charge in [-0.1, -0.05) is 35.0 Å². The van der Waals surface area contributed by atoms with Crippen molar-refractivity contribution in [1.82, 2.24) is 10.2 Å². The maximum atomic E-state index is 3.65. The van der Waals surface area contributed by atoms with Crippen molar-refractivity contribution in [2.45, 2.75) is 39.2 Å². The van der Waals surface area contributed by atoms with Crippen molar-refractivity contribution in [3.8, 4) is 0 Å². The maximum Gasteiger partial charge on any atom is 0.0175 e. The molecule has 20 heavy (non-hydrogen) atoms. The average Bonchev–Trinajstić information content (AvgIpc) is 2.44. The number of nitrogens with zero attached hydrogens (tertiary/aromatic N) is 1. The van der Waals surface area contributed by atoms with Gasteiger partial charge in [0.25, 0.3) is 0 Å². The van der Waals surface area contributed by atoms with E-state index < -0.39 is 0 Å². The van der Waals surface area contributed by atoms with Crippen LogP contribution >= 0.6 is 15.9 Å². The van der Waals surface area contributed by atoms with Crippen molar-refractivity contribution in [1.29, 1.82) is 0 Å². The largest absolute Gasteiger partial charge is 0.313 e. The fourth-order valence-corrected chi connectivity index (χ4v) is 3.07. The Morgan fingerprint density at radius 3 is 2.55 bits per heavy atom. The first-order valence-corrected chi connectivity index (χ1v) is 8.63. The minimum atomic E-state index is 0.542. The molecule has 0 bridgehead atoms. The van der Waals surface area contributed by atoms with Crippen molar-refractivity contribution in [3.63, 3.8) is 0 Å². The SMILES string of the molecule is CC1CCN(CCNC(C)Cc2ccc(Br)cc2)CC1. The Hall–Kier alpha value is -0.380. The maximum absolute atomic E-state index is 3.65. The molecule has 1 aliphatic rings. The first kappa shape index (κ1) is 16.0. The van der Waals surface area contributed by atoms with Crippen molar-refractivity contribution < 1.29 is 0 Å². The molecule has 1 aliphatic heterocycles. The van der Waals surface area contributed by atoms with Gasteiger partial charge in [0.05, 0.1) is 0 Å². The van der Waals surface area contributed by atoms with Crippen LogP contribution in [0.5, 0.6) is 0 Å². The summed E-state index contributed by atoms with van der Waals surface area (Å²) in [5.74, 6) is 0.926. The zero-order chi connectivity index (χ0) is 14.4. The molecule has 112 valence electrons. The molecule has 1 fully saturated rings. The molecule has 0 spiro atoms. The fraction of sp³-hybridized carbons (Fsp3) is 0.647. The normalized spacial score (nSPS) is 19.1. The van der Waals surface area contributed by atoms with Crippen LogP contribution in [0.2, 0.25) is 0 Å². The van der Waals surface area contributed by atoms with E-state index in [-0.39, 0.29) is 0 Å². The van der Waals surface area contributed by atoms with E-state index in [1.54, 1.807) is 0 Å². The van der Waals surface area contributed by atoms with E-state index in [1.807, 2.05) is 0 Å². The van der Waals surface area contributed by atoms with Crippen molar-refractivity contribution >= 4 is 15.9 Å². The molecule has 1 aromatic rings. The zero-order valence-electron chi connectivity index (χ0n) is 12.7. The molecular formula is C17H27BrN2. The van der Waals surface area contributed by atoms with E-state index in [4.69, 9.17) is 0 Å². The van der Waals surface area contributed by atoms with Gasteiger partial charge in [0.15, 0.2) is 0 Å². The quantitative estimate of drug-likeness (QED) is 0.850. The third-order valence-corrected chi connectivity index (χ3v) is 4.78. The molecule has 0 radical (unpaired) electrons. The second-order valence-electron chi connectivity index (χ2n) is 6.21. The molecule has 0 saturated carbocycles. The lowest BCUT2D eigenvalue weighted by Gasteiger charge is -2.30. The minimum Gasteiger partial charge on any atom is -0.313 e. The molecule has 1 unspecified atom stereocenters. The summed E-state index contributed by atoms with van der Waals surface area (Å²) in [7, 11) is 0. The minimum absolute atomic E-state index is 0.542. The standard InChI is InChI=1S/C17H27BrN2/c1-14-7-10-20(11-8-14)12-9-19-15(2)13-16-3-5-17(18)6-4-16/h3-6,14-15,19H,7-13H2,1-2H3. The van der Waals surface area contributed by atoms with E-state index >= 15 is 0 Å². The molecule has 1 atom stereocenters. The van der Waals surface area contributed by atoms with Crippen LogP contribution < -0.4 is 5.32 Å². The van der Waals surface area contributed by atoms with Crippen molar-refractivity contribution in [2.24, 2.45) is 5.92 Å². The topological polar surface area (TPSA) is 15.3 Å².